The summed E-state index contributed by atoms with van der Waals surface area (Å²) in [7, 11) is 0. The first-order valence-corrected chi connectivity index (χ1v) is 4.83. The number of ether oxygens (including phenoxy) is 1. The molecule has 0 radical (unpaired) electrons. The normalized spacial score (nSPS) is 27.8. The van der Waals surface area contributed by atoms with Crippen LogP contribution in [0.25, 0.3) is 0 Å². The molecule has 0 saturated carbocycles. The molecule has 1 saturated heterocycles. The highest BCUT2D eigenvalue weighted by molar-refractivity contribution is 5.74. The van der Waals surface area contributed by atoms with Crippen LogP contribution in [0.2, 0.25) is 0 Å². The van der Waals surface area contributed by atoms with Crippen LogP contribution in [0.4, 0.5) is 0 Å². The third-order valence-corrected chi connectivity index (χ3v) is 2.26. The molecule has 1 aliphatic rings. The molecular formula is C9H17NO3. The highest BCUT2D eigenvalue weighted by Crippen LogP contribution is 2.12. The number of carboxylic acid groups (broad SMARTS) is 1. The van der Waals surface area contributed by atoms with Crippen molar-refractivity contribution in [3.05, 3.63) is 0 Å². The van der Waals surface area contributed by atoms with Gasteiger partial charge in [-0.3, -0.25) is 4.79 Å². The Bertz CT molecular complexity index is 172. The number of hydrogen-bond donors (Lipinski definition) is 2. The van der Waals surface area contributed by atoms with E-state index < -0.39 is 12.0 Å². The minimum Gasteiger partial charge on any atom is -0.480 e. The Morgan fingerprint density at radius 3 is 3.08 bits per heavy atom. The van der Waals surface area contributed by atoms with Crippen molar-refractivity contribution in [2.45, 2.75) is 38.3 Å². The number of hydrogen-bond acceptors (Lipinski definition) is 3. The molecule has 4 nitrogen and oxygen atoms in total. The Morgan fingerprint density at radius 1 is 1.69 bits per heavy atom. The Kier molecular flexibility index (Phi) is 4.18. The van der Waals surface area contributed by atoms with Gasteiger partial charge in [0, 0.05) is 6.61 Å². The van der Waals surface area contributed by atoms with Crippen molar-refractivity contribution in [1.29, 1.82) is 0 Å². The van der Waals surface area contributed by atoms with Crippen LogP contribution in [-0.2, 0) is 9.53 Å². The predicted molar refractivity (Wildman–Crippen MR) is 48.7 cm³/mol. The maximum atomic E-state index is 10.7. The van der Waals surface area contributed by atoms with Crippen LogP contribution in [0.15, 0.2) is 0 Å². The summed E-state index contributed by atoms with van der Waals surface area (Å²) in [6.07, 6.45) is 2.76. The van der Waals surface area contributed by atoms with Gasteiger partial charge in [0.2, 0.25) is 0 Å². The molecule has 2 N–H and O–H groups in total. The Morgan fingerprint density at radius 2 is 2.46 bits per heavy atom. The zero-order valence-electron chi connectivity index (χ0n) is 7.95. The van der Waals surface area contributed by atoms with Crippen LogP contribution < -0.4 is 5.32 Å². The van der Waals surface area contributed by atoms with Crippen LogP contribution >= 0.6 is 0 Å². The zero-order valence-corrected chi connectivity index (χ0v) is 7.95. The highest BCUT2D eigenvalue weighted by Gasteiger charge is 2.32. The maximum absolute atomic E-state index is 10.7. The summed E-state index contributed by atoms with van der Waals surface area (Å²) in [5, 5.41) is 11.7. The fourth-order valence-electron chi connectivity index (χ4n) is 1.48. The van der Waals surface area contributed by atoms with Crippen LogP contribution in [0.1, 0.15) is 26.2 Å². The van der Waals surface area contributed by atoms with Crippen molar-refractivity contribution < 1.29 is 14.6 Å². The third kappa shape index (κ3) is 2.97. The summed E-state index contributed by atoms with van der Waals surface area (Å²) >= 11 is 0. The zero-order chi connectivity index (χ0) is 9.68. The fourth-order valence-corrected chi connectivity index (χ4v) is 1.48. The number of nitrogens with one attached hydrogen (secondary N) is 1. The van der Waals surface area contributed by atoms with E-state index in [9.17, 15) is 4.79 Å². The molecule has 2 atom stereocenters. The molecule has 0 amide bonds. The minimum absolute atomic E-state index is 0.135. The van der Waals surface area contributed by atoms with Crippen molar-refractivity contribution in [3.8, 4) is 0 Å². The smallest absolute Gasteiger partial charge is 0.323 e. The average molecular weight is 187 g/mol. The minimum atomic E-state index is -0.806. The highest BCUT2D eigenvalue weighted by atomic mass is 16.5. The quantitative estimate of drug-likeness (QED) is 0.619. The summed E-state index contributed by atoms with van der Waals surface area (Å²) in [6.45, 7) is 3.51. The summed E-state index contributed by atoms with van der Waals surface area (Å²) < 4.78 is 5.47. The number of aliphatic carboxylic acids is 1. The van der Waals surface area contributed by atoms with Crippen molar-refractivity contribution in [1.82, 2.24) is 5.32 Å². The molecule has 0 aromatic rings. The standard InChI is InChI=1S/C9H17NO3/c1-2-3-6-13-7-4-5-10-8(7)9(11)12/h7-8,10H,2-6H2,1H3,(H,11,12)/t7-,8+/m1/s1. The van der Waals surface area contributed by atoms with Gasteiger partial charge in [-0.05, 0) is 19.4 Å². The van der Waals surface area contributed by atoms with E-state index in [1.54, 1.807) is 0 Å². The number of unbranched alkanes of at least 4 members (excludes halogenated alkanes) is 1. The molecular weight excluding hydrogens is 170 g/mol. The molecule has 0 bridgehead atoms. The van der Waals surface area contributed by atoms with Gasteiger partial charge in [-0.25, -0.2) is 0 Å². The van der Waals surface area contributed by atoms with Crippen LogP contribution in [0.5, 0.6) is 0 Å². The lowest BCUT2D eigenvalue weighted by atomic mass is 10.2. The second-order valence-corrected chi connectivity index (χ2v) is 3.32. The van der Waals surface area contributed by atoms with Gasteiger partial charge < -0.3 is 15.2 Å². The molecule has 1 fully saturated rings. The molecule has 1 aliphatic heterocycles. The molecule has 0 spiro atoms. The number of carboxylic acids is 1. The molecule has 76 valence electrons. The SMILES string of the molecule is CCCCO[C@@H]1CCN[C@@H]1C(=O)O. The lowest BCUT2D eigenvalue weighted by molar-refractivity contribution is -0.142. The van der Waals surface area contributed by atoms with E-state index in [0.29, 0.717) is 6.61 Å². The maximum Gasteiger partial charge on any atom is 0.323 e. The monoisotopic (exact) mass is 187 g/mol. The van der Waals surface area contributed by atoms with Gasteiger partial charge in [0.05, 0.1) is 6.10 Å². The van der Waals surface area contributed by atoms with Gasteiger partial charge in [0.15, 0.2) is 0 Å². The van der Waals surface area contributed by atoms with Crippen molar-refractivity contribution in [2.24, 2.45) is 0 Å². The fraction of sp³-hybridized carbons (Fsp3) is 0.889. The molecule has 0 aromatic heterocycles. The Labute approximate surface area is 78.3 Å². The lowest BCUT2D eigenvalue weighted by Gasteiger charge is -2.15. The van der Waals surface area contributed by atoms with Crippen LogP contribution in [0.3, 0.4) is 0 Å². The largest absolute Gasteiger partial charge is 0.480 e. The molecule has 4 heteroatoms. The van der Waals surface area contributed by atoms with E-state index >= 15 is 0 Å². The van der Waals surface area contributed by atoms with E-state index in [4.69, 9.17) is 9.84 Å². The van der Waals surface area contributed by atoms with E-state index in [2.05, 4.69) is 12.2 Å². The van der Waals surface area contributed by atoms with Crippen LogP contribution in [-0.4, -0.2) is 36.4 Å². The molecule has 0 aliphatic carbocycles. The molecule has 1 rings (SSSR count). The first kappa shape index (κ1) is 10.5. The van der Waals surface area contributed by atoms with Gasteiger partial charge >= 0.3 is 5.97 Å². The Hall–Kier alpha value is -0.610. The topological polar surface area (TPSA) is 58.6 Å². The van der Waals surface area contributed by atoms with Crippen molar-refractivity contribution >= 4 is 5.97 Å². The second-order valence-electron chi connectivity index (χ2n) is 3.32. The summed E-state index contributed by atoms with van der Waals surface area (Å²) in [5.74, 6) is -0.806. The molecule has 0 unspecified atom stereocenters. The van der Waals surface area contributed by atoms with Gasteiger partial charge in [-0.15, -0.1) is 0 Å². The Balaban J connectivity index is 2.27. The first-order valence-electron chi connectivity index (χ1n) is 4.83. The third-order valence-electron chi connectivity index (χ3n) is 2.26. The van der Waals surface area contributed by atoms with E-state index in [0.717, 1.165) is 25.8 Å². The van der Waals surface area contributed by atoms with Gasteiger partial charge in [0.1, 0.15) is 6.04 Å². The van der Waals surface area contributed by atoms with Crippen LogP contribution in [0, 0.1) is 0 Å². The van der Waals surface area contributed by atoms with Crippen molar-refractivity contribution in [3.63, 3.8) is 0 Å². The first-order chi connectivity index (χ1) is 6.25. The predicted octanol–water partition coefficient (Wildman–Crippen LogP) is 0.618. The average Bonchev–Trinajstić information content (AvgIpc) is 2.53. The lowest BCUT2D eigenvalue weighted by Crippen LogP contribution is -2.39. The molecule has 1 heterocycles. The number of rotatable bonds is 5. The number of carbonyl (C=O) groups is 1. The summed E-state index contributed by atoms with van der Waals surface area (Å²) in [6, 6.07) is -0.503. The van der Waals surface area contributed by atoms with Gasteiger partial charge in [-0.2, -0.15) is 0 Å². The van der Waals surface area contributed by atoms with E-state index in [-0.39, 0.29) is 6.10 Å². The van der Waals surface area contributed by atoms with Gasteiger partial charge in [0.25, 0.3) is 0 Å². The van der Waals surface area contributed by atoms with E-state index in [1.807, 2.05) is 0 Å². The summed E-state index contributed by atoms with van der Waals surface area (Å²) in [4.78, 5) is 10.7. The molecule has 13 heavy (non-hydrogen) atoms. The molecule has 0 aromatic carbocycles. The van der Waals surface area contributed by atoms with E-state index in [1.165, 1.54) is 0 Å². The van der Waals surface area contributed by atoms with Crippen molar-refractivity contribution in [2.75, 3.05) is 13.2 Å². The van der Waals surface area contributed by atoms with Gasteiger partial charge in [-0.1, -0.05) is 13.3 Å². The summed E-state index contributed by atoms with van der Waals surface area (Å²) in [5.41, 5.74) is 0. The second kappa shape index (κ2) is 5.19.